The molecule has 0 saturated carbocycles. The number of likely N-dealkylation sites (N-methyl/N-ethyl adjacent to an activating group) is 1. The molecule has 24 heavy (non-hydrogen) atoms. The van der Waals surface area contributed by atoms with Crippen LogP contribution < -0.4 is 5.32 Å². The van der Waals surface area contributed by atoms with E-state index in [-0.39, 0.29) is 11.9 Å². The van der Waals surface area contributed by atoms with E-state index in [1.54, 1.807) is 0 Å². The molecule has 1 amide bonds. The fraction of sp³-hybridized carbons (Fsp3) is 0.300. The van der Waals surface area contributed by atoms with E-state index >= 15 is 0 Å². The van der Waals surface area contributed by atoms with E-state index < -0.39 is 5.54 Å². The highest BCUT2D eigenvalue weighted by Gasteiger charge is 2.46. The highest BCUT2D eigenvalue weighted by Crippen LogP contribution is 2.37. The van der Waals surface area contributed by atoms with Crippen molar-refractivity contribution in [1.82, 2.24) is 10.2 Å². The van der Waals surface area contributed by atoms with Gasteiger partial charge in [-0.25, -0.2) is 0 Å². The van der Waals surface area contributed by atoms with Gasteiger partial charge in [-0.05, 0) is 24.6 Å². The second kappa shape index (κ2) is 6.97. The minimum atomic E-state index is -0.873. The highest BCUT2D eigenvalue weighted by atomic mass is 16.2. The van der Waals surface area contributed by atoms with Crippen molar-refractivity contribution in [3.05, 3.63) is 71.8 Å². The lowest BCUT2D eigenvalue weighted by Crippen LogP contribution is -2.53. The van der Waals surface area contributed by atoms with Crippen molar-refractivity contribution < 1.29 is 9.59 Å². The molecule has 1 N–H and O–H groups in total. The maximum atomic E-state index is 12.0. The van der Waals surface area contributed by atoms with Gasteiger partial charge in [-0.1, -0.05) is 60.7 Å². The molecule has 2 atom stereocenters. The zero-order valence-electron chi connectivity index (χ0n) is 13.8. The van der Waals surface area contributed by atoms with Crippen LogP contribution in [0.3, 0.4) is 0 Å². The van der Waals surface area contributed by atoms with Crippen LogP contribution in [-0.4, -0.2) is 29.7 Å². The molecule has 3 rings (SSSR count). The Morgan fingerprint density at radius 1 is 1.12 bits per heavy atom. The van der Waals surface area contributed by atoms with Crippen LogP contribution in [0.25, 0.3) is 0 Å². The van der Waals surface area contributed by atoms with Gasteiger partial charge in [0.15, 0.2) is 0 Å². The van der Waals surface area contributed by atoms with E-state index in [0.29, 0.717) is 19.4 Å². The van der Waals surface area contributed by atoms with Crippen LogP contribution in [-0.2, 0) is 16.1 Å². The SMILES string of the molecule is CN(Cc1ccccc1)C(c1ccccc1)C1(C=O)CCC(=O)N1. The van der Waals surface area contributed by atoms with Crippen LogP contribution >= 0.6 is 0 Å². The Labute approximate surface area is 142 Å². The van der Waals surface area contributed by atoms with Crippen molar-refractivity contribution in [3.8, 4) is 0 Å². The number of carbonyl (C=O) groups excluding carboxylic acids is 2. The molecule has 1 saturated heterocycles. The highest BCUT2D eigenvalue weighted by molar-refractivity contribution is 5.86. The van der Waals surface area contributed by atoms with E-state index in [0.717, 1.165) is 11.8 Å². The minimum Gasteiger partial charge on any atom is -0.342 e. The van der Waals surface area contributed by atoms with Crippen LogP contribution in [0.1, 0.15) is 30.0 Å². The van der Waals surface area contributed by atoms with Crippen LogP contribution in [0, 0.1) is 0 Å². The summed E-state index contributed by atoms with van der Waals surface area (Å²) in [5.74, 6) is -0.0591. The standard InChI is InChI=1S/C20H22N2O2/c1-22(14-16-8-4-2-5-9-16)19(17-10-6-3-7-11-17)20(15-23)13-12-18(24)21-20/h2-11,15,19H,12-14H2,1H3,(H,21,24). The molecule has 0 spiro atoms. The summed E-state index contributed by atoms with van der Waals surface area (Å²) >= 11 is 0. The third kappa shape index (κ3) is 3.24. The van der Waals surface area contributed by atoms with Gasteiger partial charge in [0, 0.05) is 13.0 Å². The number of rotatable bonds is 6. The number of nitrogens with one attached hydrogen (secondary N) is 1. The molecule has 0 aromatic heterocycles. The second-order valence-electron chi connectivity index (χ2n) is 6.42. The quantitative estimate of drug-likeness (QED) is 0.832. The van der Waals surface area contributed by atoms with Gasteiger partial charge in [0.1, 0.15) is 11.8 Å². The largest absolute Gasteiger partial charge is 0.342 e. The molecular weight excluding hydrogens is 300 g/mol. The third-order valence-electron chi connectivity index (χ3n) is 4.67. The molecule has 1 heterocycles. The van der Waals surface area contributed by atoms with Gasteiger partial charge >= 0.3 is 0 Å². The summed E-state index contributed by atoms with van der Waals surface area (Å²) < 4.78 is 0. The number of nitrogens with zero attached hydrogens (tertiary/aromatic N) is 1. The fourth-order valence-corrected chi connectivity index (χ4v) is 3.61. The first-order chi connectivity index (χ1) is 11.6. The zero-order chi connectivity index (χ0) is 17.0. The fourth-order valence-electron chi connectivity index (χ4n) is 3.61. The summed E-state index contributed by atoms with van der Waals surface area (Å²) in [6, 6.07) is 19.9. The summed E-state index contributed by atoms with van der Waals surface area (Å²) in [7, 11) is 2.00. The Morgan fingerprint density at radius 3 is 2.29 bits per heavy atom. The Balaban J connectivity index is 1.96. The van der Waals surface area contributed by atoms with Gasteiger partial charge in [-0.15, -0.1) is 0 Å². The van der Waals surface area contributed by atoms with Crippen molar-refractivity contribution in [3.63, 3.8) is 0 Å². The molecule has 2 unspecified atom stereocenters. The van der Waals surface area contributed by atoms with Gasteiger partial charge in [0.05, 0.1) is 6.04 Å². The maximum Gasteiger partial charge on any atom is 0.220 e. The Morgan fingerprint density at radius 2 is 1.75 bits per heavy atom. The molecule has 2 aromatic rings. The lowest BCUT2D eigenvalue weighted by Gasteiger charge is -2.39. The molecule has 2 aromatic carbocycles. The molecular formula is C20H22N2O2. The monoisotopic (exact) mass is 322 g/mol. The molecule has 1 aliphatic rings. The van der Waals surface area contributed by atoms with Crippen molar-refractivity contribution in [2.45, 2.75) is 31.0 Å². The minimum absolute atomic E-state index is 0.0591. The van der Waals surface area contributed by atoms with E-state index in [9.17, 15) is 9.59 Å². The smallest absolute Gasteiger partial charge is 0.220 e. The molecule has 0 radical (unpaired) electrons. The number of hydrogen-bond acceptors (Lipinski definition) is 3. The Bertz CT molecular complexity index is 702. The van der Waals surface area contributed by atoms with Crippen LogP contribution in [0.5, 0.6) is 0 Å². The van der Waals surface area contributed by atoms with Crippen LogP contribution in [0.4, 0.5) is 0 Å². The molecule has 124 valence electrons. The van der Waals surface area contributed by atoms with Gasteiger partial charge in [-0.3, -0.25) is 9.69 Å². The first-order valence-corrected chi connectivity index (χ1v) is 8.21. The number of amides is 1. The first kappa shape index (κ1) is 16.4. The van der Waals surface area contributed by atoms with Gasteiger partial charge in [0.25, 0.3) is 0 Å². The van der Waals surface area contributed by atoms with E-state index in [4.69, 9.17) is 0 Å². The van der Waals surface area contributed by atoms with Crippen molar-refractivity contribution in [1.29, 1.82) is 0 Å². The molecule has 4 nitrogen and oxygen atoms in total. The summed E-state index contributed by atoms with van der Waals surface area (Å²) in [4.78, 5) is 26.0. The average Bonchev–Trinajstić information content (AvgIpc) is 2.99. The normalized spacial score (nSPS) is 21.5. The van der Waals surface area contributed by atoms with Crippen molar-refractivity contribution >= 4 is 12.2 Å². The molecule has 4 heteroatoms. The summed E-state index contributed by atoms with van der Waals surface area (Å²) in [6.45, 7) is 0.700. The van der Waals surface area contributed by atoms with Gasteiger partial charge in [-0.2, -0.15) is 0 Å². The molecule has 1 aliphatic heterocycles. The van der Waals surface area contributed by atoms with Crippen LogP contribution in [0.2, 0.25) is 0 Å². The summed E-state index contributed by atoms with van der Waals surface area (Å²) in [6.07, 6.45) is 1.83. The lowest BCUT2D eigenvalue weighted by atomic mass is 9.84. The maximum absolute atomic E-state index is 12.0. The predicted molar refractivity (Wildman–Crippen MR) is 93.3 cm³/mol. The van der Waals surface area contributed by atoms with Gasteiger partial charge < -0.3 is 10.1 Å². The van der Waals surface area contributed by atoms with E-state index in [1.807, 2.05) is 55.6 Å². The second-order valence-corrected chi connectivity index (χ2v) is 6.42. The summed E-state index contributed by atoms with van der Waals surface area (Å²) in [5, 5.41) is 2.93. The number of carbonyl (C=O) groups is 2. The Kier molecular flexibility index (Phi) is 4.76. The zero-order valence-corrected chi connectivity index (χ0v) is 13.8. The van der Waals surface area contributed by atoms with Crippen molar-refractivity contribution in [2.24, 2.45) is 0 Å². The van der Waals surface area contributed by atoms with E-state index in [1.165, 1.54) is 5.56 Å². The van der Waals surface area contributed by atoms with Crippen molar-refractivity contribution in [2.75, 3.05) is 7.05 Å². The van der Waals surface area contributed by atoms with E-state index in [2.05, 4.69) is 22.3 Å². The summed E-state index contributed by atoms with van der Waals surface area (Å²) in [5.41, 5.74) is 1.33. The molecule has 1 fully saturated rings. The molecule has 0 aliphatic carbocycles. The first-order valence-electron chi connectivity index (χ1n) is 8.21. The van der Waals surface area contributed by atoms with Crippen LogP contribution in [0.15, 0.2) is 60.7 Å². The van der Waals surface area contributed by atoms with Gasteiger partial charge in [0.2, 0.25) is 5.91 Å². The number of benzene rings is 2. The predicted octanol–water partition coefficient (Wildman–Crippen LogP) is 2.71. The molecule has 0 bridgehead atoms. The number of hydrogen-bond donors (Lipinski definition) is 1. The third-order valence-corrected chi connectivity index (χ3v) is 4.67. The average molecular weight is 322 g/mol. The number of aldehydes is 1. The lowest BCUT2D eigenvalue weighted by molar-refractivity contribution is -0.123. The topological polar surface area (TPSA) is 49.4 Å². The Hall–Kier alpha value is -2.46.